The van der Waals surface area contributed by atoms with Gasteiger partial charge in [-0.25, -0.2) is 9.78 Å². The molecule has 3 atom stereocenters. The molecule has 3 N–H and O–H groups in total. The molecule has 0 unspecified atom stereocenters. The Morgan fingerprint density at radius 2 is 2.05 bits per heavy atom. The monoisotopic (exact) mass is 589 g/mol. The van der Waals surface area contributed by atoms with Crippen LogP contribution in [0.4, 0.5) is 16.2 Å². The average Bonchev–Trinajstić information content (AvgIpc) is 3.51. The number of amides is 3. The van der Waals surface area contributed by atoms with Crippen LogP contribution in [0, 0.1) is 19.8 Å². The fraction of sp³-hybridized carbons (Fsp3) is 0.462. The number of hydrogen-bond acceptors (Lipinski definition) is 9. The third kappa shape index (κ3) is 6.30. The second-order valence-corrected chi connectivity index (χ2v) is 11.9. The predicted molar refractivity (Wildman–Crippen MR) is 149 cm³/mol. The Bertz CT molecular complexity index is 1510. The van der Waals surface area contributed by atoms with Gasteiger partial charge in [0.25, 0.3) is 15.9 Å². The zero-order valence-electron chi connectivity index (χ0n) is 23.8. The minimum atomic E-state index is -4.12. The average molecular weight is 590 g/mol. The summed E-state index contributed by atoms with van der Waals surface area (Å²) in [6, 6.07) is 3.61. The quantitative estimate of drug-likeness (QED) is 0.356. The highest BCUT2D eigenvalue weighted by molar-refractivity contribution is 7.92. The van der Waals surface area contributed by atoms with Gasteiger partial charge in [-0.3, -0.25) is 9.52 Å². The molecule has 222 valence electrons. The molecular weight excluding hydrogens is 554 g/mol. The number of para-hydroxylation sites is 1. The third-order valence-electron chi connectivity index (χ3n) is 6.96. The first-order valence-corrected chi connectivity index (χ1v) is 14.5. The van der Waals surface area contributed by atoms with Gasteiger partial charge in [0.05, 0.1) is 36.8 Å². The number of hydrogen-bond donors (Lipinski definition) is 3. The summed E-state index contributed by atoms with van der Waals surface area (Å²) < 4.78 is 41.8. The maximum Gasteiger partial charge on any atom is 0.321 e. The molecule has 0 bridgehead atoms. The topological polar surface area (TPSA) is 172 Å². The van der Waals surface area contributed by atoms with Crippen LogP contribution in [0.2, 0.25) is 0 Å². The molecule has 0 aliphatic carbocycles. The van der Waals surface area contributed by atoms with Gasteiger partial charge in [-0.1, -0.05) is 18.1 Å². The van der Waals surface area contributed by atoms with E-state index in [9.17, 15) is 23.1 Å². The summed E-state index contributed by atoms with van der Waals surface area (Å²) in [4.78, 5) is 33.6. The van der Waals surface area contributed by atoms with E-state index in [-0.39, 0.29) is 47.6 Å². The maximum absolute atomic E-state index is 13.7. The maximum atomic E-state index is 13.7. The van der Waals surface area contributed by atoms with E-state index < -0.39 is 34.1 Å². The molecule has 0 spiro atoms. The summed E-state index contributed by atoms with van der Waals surface area (Å²) in [5, 5.41) is 16.3. The number of nitrogens with one attached hydrogen (secondary N) is 2. The van der Waals surface area contributed by atoms with Crippen molar-refractivity contribution in [3.05, 3.63) is 47.7 Å². The number of likely N-dealkylation sites (N-methyl/N-ethyl adjacent to an activating group) is 1. The second kappa shape index (κ2) is 11.8. The van der Waals surface area contributed by atoms with Gasteiger partial charge in [0.15, 0.2) is 16.5 Å². The van der Waals surface area contributed by atoms with Crippen LogP contribution in [0.25, 0.3) is 0 Å². The first-order chi connectivity index (χ1) is 19.3. The van der Waals surface area contributed by atoms with Crippen molar-refractivity contribution in [3.8, 4) is 5.75 Å². The van der Waals surface area contributed by atoms with Gasteiger partial charge in [0.1, 0.15) is 17.5 Å². The largest absolute Gasteiger partial charge is 0.485 e. The predicted octanol–water partition coefficient (Wildman–Crippen LogP) is 2.21. The van der Waals surface area contributed by atoms with Crippen molar-refractivity contribution >= 4 is 33.3 Å². The number of aliphatic hydroxyl groups excluding tert-OH is 1. The lowest BCUT2D eigenvalue weighted by Gasteiger charge is -2.38. The zero-order chi connectivity index (χ0) is 30.1. The Kier molecular flexibility index (Phi) is 8.58. The number of aryl methyl sites for hydroxylation is 3. The number of carbonyl (C=O) groups is 2. The molecule has 0 saturated carbocycles. The van der Waals surface area contributed by atoms with Crippen LogP contribution in [0.3, 0.4) is 0 Å². The number of aromatic nitrogens is 3. The van der Waals surface area contributed by atoms with E-state index >= 15 is 0 Å². The lowest BCUT2D eigenvalue weighted by atomic mass is 9.99. The highest BCUT2D eigenvalue weighted by atomic mass is 32.2. The first-order valence-electron chi connectivity index (χ1n) is 13.0. The van der Waals surface area contributed by atoms with E-state index in [0.29, 0.717) is 17.1 Å². The number of carbonyl (C=O) groups excluding carboxylic acids is 2. The van der Waals surface area contributed by atoms with Gasteiger partial charge in [0.2, 0.25) is 0 Å². The number of nitrogens with zero attached hydrogens (tertiary/aromatic N) is 5. The van der Waals surface area contributed by atoms with E-state index in [1.54, 1.807) is 40.9 Å². The van der Waals surface area contributed by atoms with Crippen molar-refractivity contribution in [2.75, 3.05) is 36.8 Å². The molecular formula is C26H35N7O7S. The number of anilines is 2. The summed E-state index contributed by atoms with van der Waals surface area (Å²) in [6.45, 7) is 7.03. The molecule has 14 nitrogen and oxygen atoms in total. The van der Waals surface area contributed by atoms with E-state index in [0.717, 1.165) is 0 Å². The molecule has 1 aliphatic rings. The first kappa shape index (κ1) is 29.9. The van der Waals surface area contributed by atoms with Gasteiger partial charge in [-0.2, -0.15) is 8.42 Å². The summed E-state index contributed by atoms with van der Waals surface area (Å²) in [7, 11) is -0.879. The Balaban J connectivity index is 1.69. The van der Waals surface area contributed by atoms with E-state index in [1.807, 2.05) is 6.92 Å². The van der Waals surface area contributed by atoms with E-state index in [2.05, 4.69) is 20.2 Å². The molecule has 0 fully saturated rings. The van der Waals surface area contributed by atoms with Crippen LogP contribution >= 0.6 is 0 Å². The Hall–Kier alpha value is -4.11. The van der Waals surface area contributed by atoms with Crippen molar-refractivity contribution < 1.29 is 32.4 Å². The molecule has 3 heterocycles. The molecule has 4 rings (SSSR count). The van der Waals surface area contributed by atoms with Gasteiger partial charge < -0.3 is 34.1 Å². The minimum Gasteiger partial charge on any atom is -0.485 e. The van der Waals surface area contributed by atoms with Crippen LogP contribution in [-0.2, 0) is 17.1 Å². The van der Waals surface area contributed by atoms with Crippen molar-refractivity contribution in [2.24, 2.45) is 13.0 Å². The second-order valence-electron chi connectivity index (χ2n) is 10.3. The lowest BCUT2D eigenvalue weighted by molar-refractivity contribution is 0.0373. The summed E-state index contributed by atoms with van der Waals surface area (Å²) in [6.07, 6.45) is 2.04. The standard InChI is InChI=1S/C26H35N7O7S/c1-15-10-33(16(2)13-34)25(35)19-8-7-9-20(30-41(37,38)22-12-31(5)14-27-22)24(19)39-21(15)11-32(6)26(36)28-23-17(3)29-40-18(23)4/h7-9,12,14-16,21,30,34H,10-11,13H2,1-6H3,(H,28,36)/t15-,16+,21+/m0/s1. The Morgan fingerprint density at radius 3 is 2.66 bits per heavy atom. The SMILES string of the molecule is Cc1noc(C)c1NC(=O)N(C)C[C@H]1Oc2c(NS(=O)(=O)c3cn(C)cn3)cccc2C(=O)N([C@H](C)CO)C[C@@H]1C. The highest BCUT2D eigenvalue weighted by Gasteiger charge is 2.36. The number of imidazole rings is 1. The van der Waals surface area contributed by atoms with Gasteiger partial charge in [0, 0.05) is 32.8 Å². The number of rotatable bonds is 8. The summed E-state index contributed by atoms with van der Waals surface area (Å²) in [5.41, 5.74) is 1.16. The summed E-state index contributed by atoms with van der Waals surface area (Å²) >= 11 is 0. The van der Waals surface area contributed by atoms with Crippen LogP contribution in [0.5, 0.6) is 5.75 Å². The molecule has 0 radical (unpaired) electrons. The zero-order valence-corrected chi connectivity index (χ0v) is 24.6. The molecule has 3 aromatic rings. The Morgan fingerprint density at radius 1 is 1.32 bits per heavy atom. The smallest absolute Gasteiger partial charge is 0.321 e. The van der Waals surface area contributed by atoms with Crippen LogP contribution < -0.4 is 14.8 Å². The highest BCUT2D eigenvalue weighted by Crippen LogP contribution is 2.36. The van der Waals surface area contributed by atoms with Crippen LogP contribution in [-0.4, -0.2) is 88.9 Å². The summed E-state index contributed by atoms with van der Waals surface area (Å²) in [5.74, 6) is -0.264. The fourth-order valence-electron chi connectivity index (χ4n) is 4.48. The van der Waals surface area contributed by atoms with Crippen molar-refractivity contribution in [1.82, 2.24) is 24.5 Å². The van der Waals surface area contributed by atoms with Crippen LogP contribution in [0.1, 0.15) is 35.7 Å². The lowest BCUT2D eigenvalue weighted by Crippen LogP contribution is -2.50. The van der Waals surface area contributed by atoms with Crippen molar-refractivity contribution in [2.45, 2.75) is 44.9 Å². The van der Waals surface area contributed by atoms with E-state index in [1.165, 1.54) is 39.0 Å². The van der Waals surface area contributed by atoms with Crippen molar-refractivity contribution in [1.29, 1.82) is 0 Å². The molecule has 0 saturated heterocycles. The molecule has 1 aromatic carbocycles. The third-order valence-corrected chi connectivity index (χ3v) is 8.21. The number of aliphatic hydroxyl groups is 1. The van der Waals surface area contributed by atoms with Gasteiger partial charge in [-0.15, -0.1) is 0 Å². The van der Waals surface area contributed by atoms with Crippen LogP contribution in [0.15, 0.2) is 40.3 Å². The number of sulfonamides is 1. The molecule has 1 aliphatic heterocycles. The van der Waals surface area contributed by atoms with Gasteiger partial charge in [-0.05, 0) is 32.9 Å². The Labute approximate surface area is 238 Å². The van der Waals surface area contributed by atoms with E-state index in [4.69, 9.17) is 9.26 Å². The molecule has 2 aromatic heterocycles. The molecule has 3 amide bonds. The minimum absolute atomic E-state index is 0.0169. The normalized spacial score (nSPS) is 18.1. The number of benzene rings is 1. The number of fused-ring (bicyclic) bond motifs is 1. The fourth-order valence-corrected chi connectivity index (χ4v) is 5.53. The molecule has 41 heavy (non-hydrogen) atoms. The van der Waals surface area contributed by atoms with Gasteiger partial charge >= 0.3 is 6.03 Å². The number of urea groups is 1. The molecule has 15 heteroatoms. The number of ether oxygens (including phenoxy) is 1. The van der Waals surface area contributed by atoms with Crippen molar-refractivity contribution in [3.63, 3.8) is 0 Å².